The number of methoxy groups -OCH3 is 1. The number of nitrogens with zero attached hydrogens (tertiary/aromatic N) is 3. The zero-order valence-electron chi connectivity index (χ0n) is 14.9. The average molecular weight is 385 g/mol. The van der Waals surface area contributed by atoms with E-state index in [4.69, 9.17) is 17.0 Å². The van der Waals surface area contributed by atoms with Gasteiger partial charge in [0.05, 0.1) is 17.5 Å². The Morgan fingerprint density at radius 2 is 2.04 bits per heavy atom. The first-order valence-corrected chi connectivity index (χ1v) is 9.98. The van der Waals surface area contributed by atoms with Crippen LogP contribution in [0.5, 0.6) is 0 Å². The highest BCUT2D eigenvalue weighted by Crippen LogP contribution is 2.25. The van der Waals surface area contributed by atoms with E-state index in [9.17, 15) is 8.42 Å². The van der Waals surface area contributed by atoms with Gasteiger partial charge in [0.2, 0.25) is 10.0 Å². The Morgan fingerprint density at radius 3 is 2.64 bits per heavy atom. The van der Waals surface area contributed by atoms with Gasteiger partial charge in [-0.2, -0.15) is 9.40 Å². The van der Waals surface area contributed by atoms with E-state index < -0.39 is 10.0 Å². The molecule has 0 saturated carbocycles. The molecule has 1 aromatic heterocycles. The molecular formula is C16H24N4O3S2. The molecule has 0 fully saturated rings. The lowest BCUT2D eigenvalue weighted by molar-refractivity contribution is 0.162. The van der Waals surface area contributed by atoms with Crippen LogP contribution in [0.15, 0.2) is 29.2 Å². The first-order chi connectivity index (χ1) is 11.9. The normalized spacial score (nSPS) is 13.3. The van der Waals surface area contributed by atoms with E-state index in [0.29, 0.717) is 35.9 Å². The second-order valence-corrected chi connectivity index (χ2v) is 7.97. The van der Waals surface area contributed by atoms with Crippen molar-refractivity contribution in [2.24, 2.45) is 0 Å². The summed E-state index contributed by atoms with van der Waals surface area (Å²) in [5.41, 5.74) is 0.684. The first kappa shape index (κ1) is 19.8. The van der Waals surface area contributed by atoms with Crippen LogP contribution < -0.4 is 0 Å². The Hall–Kier alpha value is -1.55. The molecule has 1 N–H and O–H groups in total. The maximum absolute atomic E-state index is 12.8. The molecule has 1 atom stereocenters. The smallest absolute Gasteiger partial charge is 0.243 e. The van der Waals surface area contributed by atoms with Crippen molar-refractivity contribution >= 4 is 22.2 Å². The molecule has 7 nitrogen and oxygen atoms in total. The monoisotopic (exact) mass is 384 g/mol. The summed E-state index contributed by atoms with van der Waals surface area (Å²) in [5, 5.41) is 7.06. The molecule has 0 aliphatic rings. The van der Waals surface area contributed by atoms with Crippen LogP contribution in [0.25, 0.3) is 11.4 Å². The van der Waals surface area contributed by atoms with Crippen LogP contribution in [0, 0.1) is 4.77 Å². The third-order valence-corrected chi connectivity index (χ3v) is 6.32. The number of hydrogen-bond donors (Lipinski definition) is 1. The number of sulfonamides is 1. The molecule has 138 valence electrons. The fourth-order valence-electron chi connectivity index (χ4n) is 2.74. The predicted octanol–water partition coefficient (Wildman–Crippen LogP) is 2.85. The minimum absolute atomic E-state index is 0.0331. The lowest BCUT2D eigenvalue weighted by atomic mass is 10.2. The lowest BCUT2D eigenvalue weighted by Crippen LogP contribution is -2.30. The maximum atomic E-state index is 12.8. The Labute approximate surface area is 153 Å². The number of hydrogen-bond acceptors (Lipinski definition) is 5. The van der Waals surface area contributed by atoms with Crippen molar-refractivity contribution in [3.05, 3.63) is 29.0 Å². The molecule has 25 heavy (non-hydrogen) atoms. The van der Waals surface area contributed by atoms with Gasteiger partial charge in [-0.3, -0.25) is 9.67 Å². The third-order valence-electron chi connectivity index (χ3n) is 3.99. The van der Waals surface area contributed by atoms with E-state index in [1.54, 1.807) is 25.3 Å². The summed E-state index contributed by atoms with van der Waals surface area (Å²) in [7, 11) is -1.91. The van der Waals surface area contributed by atoms with Gasteiger partial charge in [-0.05, 0) is 31.3 Å². The minimum atomic E-state index is -3.53. The van der Waals surface area contributed by atoms with Crippen molar-refractivity contribution in [3.63, 3.8) is 0 Å². The Balaban J connectivity index is 2.53. The van der Waals surface area contributed by atoms with Gasteiger partial charge in [0.15, 0.2) is 10.6 Å². The molecule has 0 radical (unpaired) electrons. The Morgan fingerprint density at radius 1 is 1.36 bits per heavy atom. The summed E-state index contributed by atoms with van der Waals surface area (Å²) < 4.78 is 34.4. The summed E-state index contributed by atoms with van der Waals surface area (Å²) in [6.45, 7) is 6.93. The summed E-state index contributed by atoms with van der Waals surface area (Å²) in [6.07, 6.45) is 0. The van der Waals surface area contributed by atoms with E-state index in [1.165, 1.54) is 4.31 Å². The van der Waals surface area contributed by atoms with E-state index in [0.717, 1.165) is 0 Å². The molecule has 2 rings (SSSR count). The van der Waals surface area contributed by atoms with E-state index in [1.807, 2.05) is 31.4 Å². The van der Waals surface area contributed by atoms with Crippen molar-refractivity contribution in [2.45, 2.75) is 31.7 Å². The highest BCUT2D eigenvalue weighted by atomic mass is 32.2. The van der Waals surface area contributed by atoms with E-state index >= 15 is 0 Å². The second-order valence-electron chi connectivity index (χ2n) is 5.64. The van der Waals surface area contributed by atoms with Crippen molar-refractivity contribution in [1.29, 1.82) is 0 Å². The second kappa shape index (κ2) is 8.22. The Bertz CT molecular complexity index is 870. The van der Waals surface area contributed by atoms with Crippen LogP contribution in [0.4, 0.5) is 0 Å². The molecule has 1 heterocycles. The molecule has 0 aliphatic carbocycles. The zero-order chi connectivity index (χ0) is 18.6. The number of ether oxygens (including phenoxy) is 1. The van der Waals surface area contributed by atoms with Crippen LogP contribution in [-0.2, 0) is 14.8 Å². The molecule has 0 spiro atoms. The fraction of sp³-hybridized carbons (Fsp3) is 0.500. The van der Waals surface area contributed by atoms with Crippen LogP contribution in [0.1, 0.15) is 26.8 Å². The number of aromatic nitrogens is 3. The highest BCUT2D eigenvalue weighted by molar-refractivity contribution is 7.89. The van der Waals surface area contributed by atoms with E-state index in [2.05, 4.69) is 10.2 Å². The molecule has 2 aromatic rings. The SMILES string of the molecule is CCN(CC)S(=O)(=O)c1cccc(-c2n[nH]c(=S)n2[C@H](C)COC)c1. The molecule has 1 aromatic carbocycles. The van der Waals surface area contributed by atoms with Gasteiger partial charge >= 0.3 is 0 Å². The predicted molar refractivity (Wildman–Crippen MR) is 99.5 cm³/mol. The minimum Gasteiger partial charge on any atom is -0.383 e. The van der Waals surface area contributed by atoms with Crippen molar-refractivity contribution in [2.75, 3.05) is 26.8 Å². The van der Waals surface area contributed by atoms with E-state index in [-0.39, 0.29) is 10.9 Å². The van der Waals surface area contributed by atoms with Crippen molar-refractivity contribution in [1.82, 2.24) is 19.1 Å². The van der Waals surface area contributed by atoms with Crippen LogP contribution in [0.3, 0.4) is 0 Å². The van der Waals surface area contributed by atoms with Crippen molar-refractivity contribution < 1.29 is 13.2 Å². The van der Waals surface area contributed by atoms with Crippen molar-refractivity contribution in [3.8, 4) is 11.4 Å². The van der Waals surface area contributed by atoms with Gasteiger partial charge in [0.25, 0.3) is 0 Å². The average Bonchev–Trinajstić information content (AvgIpc) is 2.98. The standard InChI is InChI=1S/C16H24N4O3S2/c1-5-19(6-2)25(21,22)14-9-7-8-13(10-14)15-17-18-16(24)20(15)12(3)11-23-4/h7-10,12H,5-6,11H2,1-4H3,(H,18,24)/t12-/m1/s1. The van der Waals surface area contributed by atoms with Crippen LogP contribution in [0.2, 0.25) is 0 Å². The zero-order valence-corrected chi connectivity index (χ0v) is 16.5. The van der Waals surface area contributed by atoms with Gasteiger partial charge in [0, 0.05) is 25.8 Å². The maximum Gasteiger partial charge on any atom is 0.243 e. The van der Waals surface area contributed by atoms with Gasteiger partial charge in [-0.15, -0.1) is 0 Å². The fourth-order valence-corrected chi connectivity index (χ4v) is 4.56. The molecule has 0 bridgehead atoms. The van der Waals surface area contributed by atoms with Gasteiger partial charge < -0.3 is 4.74 Å². The Kier molecular flexibility index (Phi) is 6.50. The largest absolute Gasteiger partial charge is 0.383 e. The van der Waals surface area contributed by atoms with Crippen LogP contribution in [-0.4, -0.2) is 54.3 Å². The summed E-state index contributed by atoms with van der Waals surface area (Å²) in [4.78, 5) is 0.244. The van der Waals surface area contributed by atoms with Gasteiger partial charge in [0.1, 0.15) is 0 Å². The number of nitrogens with one attached hydrogen (secondary N) is 1. The molecule has 0 unspecified atom stereocenters. The molecule has 0 aliphatic heterocycles. The number of benzene rings is 1. The lowest BCUT2D eigenvalue weighted by Gasteiger charge is -2.19. The van der Waals surface area contributed by atoms with Gasteiger partial charge in [-0.25, -0.2) is 8.42 Å². The first-order valence-electron chi connectivity index (χ1n) is 8.13. The summed E-state index contributed by atoms with van der Waals surface area (Å²) in [5.74, 6) is 0.589. The van der Waals surface area contributed by atoms with Gasteiger partial charge in [-0.1, -0.05) is 26.0 Å². The third kappa shape index (κ3) is 4.00. The molecular weight excluding hydrogens is 360 g/mol. The number of aromatic amines is 1. The number of rotatable bonds is 8. The highest BCUT2D eigenvalue weighted by Gasteiger charge is 2.23. The topological polar surface area (TPSA) is 80.2 Å². The number of H-pyrrole nitrogens is 1. The quantitative estimate of drug-likeness (QED) is 0.708. The summed E-state index contributed by atoms with van der Waals surface area (Å²) in [6, 6.07) is 6.74. The summed E-state index contributed by atoms with van der Waals surface area (Å²) >= 11 is 5.31. The van der Waals surface area contributed by atoms with Crippen LogP contribution >= 0.6 is 12.2 Å². The molecule has 0 amide bonds. The molecule has 0 saturated heterocycles. The molecule has 9 heteroatoms.